The van der Waals surface area contributed by atoms with Gasteiger partial charge in [0.15, 0.2) is 6.10 Å². The Kier molecular flexibility index (Phi) is 8.05. The average molecular weight is 525 g/mol. The molecule has 0 spiro atoms. The molecule has 8 heteroatoms. The van der Waals surface area contributed by atoms with Crippen LogP contribution in [0.1, 0.15) is 24.8 Å². The summed E-state index contributed by atoms with van der Waals surface area (Å²) in [5, 5.41) is 0. The fourth-order valence-electron chi connectivity index (χ4n) is 5.58. The molecule has 3 aliphatic heterocycles. The van der Waals surface area contributed by atoms with Crippen molar-refractivity contribution in [1.82, 2.24) is 4.98 Å². The Balaban J connectivity index is 1.24. The van der Waals surface area contributed by atoms with Crippen molar-refractivity contribution in [3.05, 3.63) is 90.3 Å². The van der Waals surface area contributed by atoms with Crippen molar-refractivity contribution in [3.63, 3.8) is 0 Å². The maximum atomic E-state index is 14.7. The molecular weight excluding hydrogens is 492 g/mol. The van der Waals surface area contributed by atoms with Crippen molar-refractivity contribution >= 4 is 23.5 Å². The summed E-state index contributed by atoms with van der Waals surface area (Å²) in [5.74, 6) is 0.523. The number of carbonyl (C=O) groups excluding carboxylic acids is 1. The molecule has 2 aromatic carbocycles. The molecule has 0 N–H and O–H groups in total. The smallest absolute Gasteiger partial charge is 0.415 e. The first-order valence-electron chi connectivity index (χ1n) is 12.9. The molecule has 2 bridgehead atoms. The highest BCUT2D eigenvalue weighted by Gasteiger charge is 2.47. The SMILES string of the molecule is O=C(O[C@H]1C[N+]2(CCCSc3ccncc3)CCC1CC2)N(Cc1ccc(F)cc1)c1ccccc1F. The van der Waals surface area contributed by atoms with E-state index in [1.54, 1.807) is 30.3 Å². The van der Waals surface area contributed by atoms with E-state index in [9.17, 15) is 13.6 Å². The van der Waals surface area contributed by atoms with Gasteiger partial charge in [-0.25, -0.2) is 13.6 Å². The number of amides is 1. The Labute approximate surface area is 221 Å². The van der Waals surface area contributed by atoms with Gasteiger partial charge in [0.05, 0.1) is 31.9 Å². The molecule has 5 nitrogen and oxygen atoms in total. The Morgan fingerprint density at radius 1 is 1.03 bits per heavy atom. The second kappa shape index (κ2) is 11.6. The molecule has 0 unspecified atom stereocenters. The third kappa shape index (κ3) is 6.30. The number of carbonyl (C=O) groups is 1. The zero-order valence-corrected chi connectivity index (χ0v) is 21.6. The minimum absolute atomic E-state index is 0.101. The zero-order chi connectivity index (χ0) is 25.7. The fraction of sp³-hybridized carbons (Fsp3) is 0.379. The molecule has 1 aromatic heterocycles. The van der Waals surface area contributed by atoms with Gasteiger partial charge in [0.1, 0.15) is 18.2 Å². The minimum atomic E-state index is -0.556. The largest absolute Gasteiger partial charge is 0.440 e. The van der Waals surface area contributed by atoms with Gasteiger partial charge in [0.2, 0.25) is 0 Å². The number of rotatable bonds is 9. The number of halogens is 2. The molecule has 4 heterocycles. The maximum absolute atomic E-state index is 14.7. The molecule has 3 aliphatic rings. The normalized spacial score (nSPS) is 22.5. The third-order valence-corrected chi connectivity index (χ3v) is 8.70. The van der Waals surface area contributed by atoms with Crippen LogP contribution in [0.25, 0.3) is 0 Å². The molecule has 194 valence electrons. The summed E-state index contributed by atoms with van der Waals surface area (Å²) in [7, 11) is 0. The van der Waals surface area contributed by atoms with E-state index in [1.807, 2.05) is 36.3 Å². The molecule has 6 rings (SSSR count). The first-order chi connectivity index (χ1) is 18.0. The van der Waals surface area contributed by atoms with Crippen LogP contribution in [0.5, 0.6) is 0 Å². The molecule has 0 saturated carbocycles. The van der Waals surface area contributed by atoms with E-state index in [2.05, 4.69) is 4.98 Å². The van der Waals surface area contributed by atoms with Crippen molar-refractivity contribution in [2.24, 2.45) is 5.92 Å². The van der Waals surface area contributed by atoms with E-state index in [0.29, 0.717) is 11.5 Å². The van der Waals surface area contributed by atoms with Gasteiger partial charge in [-0.2, -0.15) is 0 Å². The van der Waals surface area contributed by atoms with Gasteiger partial charge in [0, 0.05) is 48.2 Å². The van der Waals surface area contributed by atoms with E-state index in [-0.39, 0.29) is 24.2 Å². The van der Waals surface area contributed by atoms with Crippen molar-refractivity contribution < 1.29 is 22.8 Å². The number of anilines is 1. The Bertz CT molecular complexity index is 1190. The number of quaternary nitrogens is 1. The maximum Gasteiger partial charge on any atom is 0.415 e. The molecule has 37 heavy (non-hydrogen) atoms. The summed E-state index contributed by atoms with van der Waals surface area (Å²) < 4.78 is 35.2. The van der Waals surface area contributed by atoms with E-state index in [1.165, 1.54) is 28.0 Å². The van der Waals surface area contributed by atoms with Crippen LogP contribution in [0.2, 0.25) is 0 Å². The van der Waals surface area contributed by atoms with Crippen molar-refractivity contribution in [2.45, 2.75) is 36.8 Å². The zero-order valence-electron chi connectivity index (χ0n) is 20.8. The molecule has 1 atom stereocenters. The minimum Gasteiger partial charge on any atom is -0.440 e. The Morgan fingerprint density at radius 2 is 1.76 bits per heavy atom. The molecule has 0 radical (unpaired) electrons. The van der Waals surface area contributed by atoms with Crippen LogP contribution < -0.4 is 4.90 Å². The summed E-state index contributed by atoms with van der Waals surface area (Å²) in [4.78, 5) is 20.1. The quantitative estimate of drug-likeness (QED) is 0.187. The predicted octanol–water partition coefficient (Wildman–Crippen LogP) is 6.29. The van der Waals surface area contributed by atoms with Crippen LogP contribution >= 0.6 is 11.8 Å². The molecular formula is C29H32F2N3O2S+. The van der Waals surface area contributed by atoms with Gasteiger partial charge < -0.3 is 9.22 Å². The summed E-state index contributed by atoms with van der Waals surface area (Å²) in [6.45, 7) is 4.20. The van der Waals surface area contributed by atoms with E-state index in [0.717, 1.165) is 55.7 Å². The lowest BCUT2D eigenvalue weighted by atomic mass is 9.83. The number of piperidine rings is 3. The van der Waals surface area contributed by atoms with Gasteiger partial charge >= 0.3 is 6.09 Å². The number of ether oxygens (including phenoxy) is 1. The predicted molar refractivity (Wildman–Crippen MR) is 141 cm³/mol. The summed E-state index contributed by atoms with van der Waals surface area (Å²) in [6.07, 6.45) is 6.05. The number of nitrogens with zero attached hydrogens (tertiary/aromatic N) is 3. The van der Waals surface area contributed by atoms with Crippen LogP contribution in [0.4, 0.5) is 19.3 Å². The van der Waals surface area contributed by atoms with E-state index in [4.69, 9.17) is 4.74 Å². The van der Waals surface area contributed by atoms with Crippen LogP contribution in [0.15, 0.2) is 78.0 Å². The van der Waals surface area contributed by atoms with E-state index < -0.39 is 11.9 Å². The number of pyridine rings is 1. The molecule has 3 saturated heterocycles. The topological polar surface area (TPSA) is 42.4 Å². The number of hydrogen-bond donors (Lipinski definition) is 0. The lowest BCUT2D eigenvalue weighted by Gasteiger charge is -2.52. The van der Waals surface area contributed by atoms with Gasteiger partial charge in [0.25, 0.3) is 0 Å². The second-order valence-electron chi connectivity index (χ2n) is 10.0. The Morgan fingerprint density at radius 3 is 2.49 bits per heavy atom. The number of thioether (sulfide) groups is 1. The van der Waals surface area contributed by atoms with Crippen LogP contribution in [0, 0.1) is 17.6 Å². The van der Waals surface area contributed by atoms with Crippen molar-refractivity contribution in [2.75, 3.05) is 36.8 Å². The van der Waals surface area contributed by atoms with Crippen molar-refractivity contribution in [3.8, 4) is 0 Å². The standard InChI is InChI=1S/C29H32F2N3O2S/c30-24-8-6-22(7-9-24)20-33(27-5-2-1-4-26(27)31)29(35)36-28-21-34(17-12-23(28)13-18-34)16-3-19-37-25-10-14-32-15-11-25/h1-2,4-11,14-15,23,28H,3,12-13,16-21H2/q+1/t23?,28-,34?/m0/s1. The highest BCUT2D eigenvalue weighted by Crippen LogP contribution is 2.37. The highest BCUT2D eigenvalue weighted by molar-refractivity contribution is 7.99. The van der Waals surface area contributed by atoms with Crippen molar-refractivity contribution in [1.29, 1.82) is 0 Å². The van der Waals surface area contributed by atoms with Gasteiger partial charge in [-0.3, -0.25) is 9.88 Å². The number of benzene rings is 2. The molecule has 3 fully saturated rings. The van der Waals surface area contributed by atoms with Crippen LogP contribution in [-0.2, 0) is 11.3 Å². The number of aromatic nitrogens is 1. The third-order valence-electron chi connectivity index (χ3n) is 7.61. The average Bonchev–Trinajstić information content (AvgIpc) is 2.92. The van der Waals surface area contributed by atoms with Gasteiger partial charge in [-0.05, 0) is 42.0 Å². The molecule has 3 aromatic rings. The number of hydrogen-bond acceptors (Lipinski definition) is 4. The lowest BCUT2D eigenvalue weighted by molar-refractivity contribution is -0.946. The number of para-hydroxylation sites is 1. The lowest BCUT2D eigenvalue weighted by Crippen LogP contribution is -2.65. The summed E-state index contributed by atoms with van der Waals surface area (Å²) >= 11 is 1.85. The second-order valence-corrected chi connectivity index (χ2v) is 11.2. The van der Waals surface area contributed by atoms with Crippen LogP contribution in [-0.4, -0.2) is 53.6 Å². The summed E-state index contributed by atoms with van der Waals surface area (Å²) in [6, 6.07) is 16.2. The number of fused-ring (bicyclic) bond motifs is 3. The molecule has 0 aliphatic carbocycles. The first-order valence-corrected chi connectivity index (χ1v) is 13.8. The fourth-order valence-corrected chi connectivity index (χ4v) is 6.40. The van der Waals surface area contributed by atoms with E-state index >= 15 is 0 Å². The van der Waals surface area contributed by atoms with Gasteiger partial charge in [-0.15, -0.1) is 11.8 Å². The summed E-state index contributed by atoms with van der Waals surface area (Å²) in [5.41, 5.74) is 0.862. The van der Waals surface area contributed by atoms with Gasteiger partial charge in [-0.1, -0.05) is 24.3 Å². The molecule has 1 amide bonds. The highest BCUT2D eigenvalue weighted by atomic mass is 32.2. The van der Waals surface area contributed by atoms with Crippen LogP contribution in [0.3, 0.4) is 0 Å². The Hall–Kier alpha value is -2.97. The first kappa shape index (κ1) is 25.7. The monoisotopic (exact) mass is 524 g/mol.